The monoisotopic (exact) mass is 209 g/mol. The molecule has 1 aliphatic carbocycles. The Hall–Kier alpha value is -0.900. The number of nitrogens with zero attached hydrogens (tertiary/aromatic N) is 2. The summed E-state index contributed by atoms with van der Waals surface area (Å²) in [7, 11) is 1.79. The van der Waals surface area contributed by atoms with Crippen LogP contribution in [0.25, 0.3) is 0 Å². The molecule has 0 radical (unpaired) electrons. The normalized spacial score (nSPS) is 18.8. The predicted molar refractivity (Wildman–Crippen MR) is 57.7 cm³/mol. The standard InChI is InChI=1S/C11H19N3O/c1-3-5-9-12-10(14-13-9)8-11(15-2)6-4-7-11/h3-8H2,1-2H3,(H,12,13,14). The highest BCUT2D eigenvalue weighted by atomic mass is 16.5. The molecule has 2 rings (SSSR count). The fourth-order valence-electron chi connectivity index (χ4n) is 2.08. The van der Waals surface area contributed by atoms with Crippen LogP contribution >= 0.6 is 0 Å². The molecule has 0 saturated heterocycles. The van der Waals surface area contributed by atoms with E-state index in [2.05, 4.69) is 22.1 Å². The first-order valence-corrected chi connectivity index (χ1v) is 5.73. The third-order valence-electron chi connectivity index (χ3n) is 3.24. The molecule has 15 heavy (non-hydrogen) atoms. The lowest BCUT2D eigenvalue weighted by atomic mass is 9.77. The van der Waals surface area contributed by atoms with Crippen molar-refractivity contribution in [2.24, 2.45) is 0 Å². The molecule has 0 atom stereocenters. The zero-order valence-electron chi connectivity index (χ0n) is 9.55. The van der Waals surface area contributed by atoms with Crippen LogP contribution in [0.15, 0.2) is 0 Å². The number of hydrogen-bond acceptors (Lipinski definition) is 3. The van der Waals surface area contributed by atoms with Gasteiger partial charge in [0.15, 0.2) is 5.82 Å². The van der Waals surface area contributed by atoms with Gasteiger partial charge in [-0.2, -0.15) is 5.10 Å². The van der Waals surface area contributed by atoms with Crippen LogP contribution in [-0.2, 0) is 17.6 Å². The van der Waals surface area contributed by atoms with Crippen molar-refractivity contribution < 1.29 is 4.74 Å². The van der Waals surface area contributed by atoms with E-state index in [1.807, 2.05) is 0 Å². The molecule has 1 N–H and O–H groups in total. The minimum absolute atomic E-state index is 0.0447. The third kappa shape index (κ3) is 2.20. The van der Waals surface area contributed by atoms with Crippen molar-refractivity contribution in [3.8, 4) is 0 Å². The highest BCUT2D eigenvalue weighted by molar-refractivity contribution is 5.01. The molecule has 0 aliphatic heterocycles. The van der Waals surface area contributed by atoms with Crippen LogP contribution in [0.3, 0.4) is 0 Å². The van der Waals surface area contributed by atoms with E-state index in [1.54, 1.807) is 7.11 Å². The van der Waals surface area contributed by atoms with Crippen LogP contribution < -0.4 is 0 Å². The summed E-state index contributed by atoms with van der Waals surface area (Å²) in [5.41, 5.74) is 0.0447. The Labute approximate surface area is 90.4 Å². The Morgan fingerprint density at radius 2 is 2.27 bits per heavy atom. The van der Waals surface area contributed by atoms with E-state index in [1.165, 1.54) is 6.42 Å². The zero-order chi connectivity index (χ0) is 10.7. The lowest BCUT2D eigenvalue weighted by Gasteiger charge is -2.39. The number of rotatable bonds is 5. The Morgan fingerprint density at radius 1 is 1.47 bits per heavy atom. The smallest absolute Gasteiger partial charge is 0.150 e. The van der Waals surface area contributed by atoms with Crippen molar-refractivity contribution in [3.63, 3.8) is 0 Å². The zero-order valence-corrected chi connectivity index (χ0v) is 9.55. The summed E-state index contributed by atoms with van der Waals surface area (Å²) in [6.07, 6.45) is 6.48. The fraction of sp³-hybridized carbons (Fsp3) is 0.818. The van der Waals surface area contributed by atoms with Gasteiger partial charge in [-0.3, -0.25) is 5.10 Å². The molecule has 1 aromatic rings. The average molecular weight is 209 g/mol. The molecule has 4 heteroatoms. The summed E-state index contributed by atoms with van der Waals surface area (Å²) in [5, 5.41) is 7.20. The molecule has 84 valence electrons. The van der Waals surface area contributed by atoms with E-state index in [4.69, 9.17) is 4.74 Å². The maximum absolute atomic E-state index is 5.56. The highest BCUT2D eigenvalue weighted by Crippen LogP contribution is 2.37. The number of methoxy groups -OCH3 is 1. The number of nitrogens with one attached hydrogen (secondary N) is 1. The average Bonchev–Trinajstić information content (AvgIpc) is 2.60. The number of hydrogen-bond donors (Lipinski definition) is 1. The second kappa shape index (κ2) is 4.31. The molecule has 0 amide bonds. The molecule has 1 aromatic heterocycles. The molecule has 0 aromatic carbocycles. The number of aromatic amines is 1. The van der Waals surface area contributed by atoms with Crippen LogP contribution in [0, 0.1) is 0 Å². The van der Waals surface area contributed by atoms with Gasteiger partial charge in [-0.1, -0.05) is 6.92 Å². The molecule has 1 saturated carbocycles. The molecule has 0 bridgehead atoms. The summed E-state index contributed by atoms with van der Waals surface area (Å²) in [6.45, 7) is 2.14. The molecule has 1 aliphatic rings. The first kappa shape index (κ1) is 10.6. The van der Waals surface area contributed by atoms with Gasteiger partial charge in [0.1, 0.15) is 5.82 Å². The summed E-state index contributed by atoms with van der Waals surface area (Å²) < 4.78 is 5.56. The Balaban J connectivity index is 1.97. The van der Waals surface area contributed by atoms with Crippen molar-refractivity contribution in [2.75, 3.05) is 7.11 Å². The van der Waals surface area contributed by atoms with E-state index >= 15 is 0 Å². The van der Waals surface area contributed by atoms with Crippen molar-refractivity contribution in [1.29, 1.82) is 0 Å². The Bertz CT molecular complexity index is 312. The minimum atomic E-state index is 0.0447. The number of aromatic nitrogens is 3. The van der Waals surface area contributed by atoms with Crippen molar-refractivity contribution in [3.05, 3.63) is 11.6 Å². The first-order chi connectivity index (χ1) is 7.28. The van der Waals surface area contributed by atoms with E-state index in [0.29, 0.717) is 0 Å². The highest BCUT2D eigenvalue weighted by Gasteiger charge is 2.37. The fourth-order valence-corrected chi connectivity index (χ4v) is 2.08. The predicted octanol–water partition coefficient (Wildman–Crippen LogP) is 1.87. The molecule has 4 nitrogen and oxygen atoms in total. The number of aryl methyl sites for hydroxylation is 1. The number of H-pyrrole nitrogens is 1. The summed E-state index contributed by atoms with van der Waals surface area (Å²) in [5.74, 6) is 1.90. The lowest BCUT2D eigenvalue weighted by Crippen LogP contribution is -2.41. The van der Waals surface area contributed by atoms with Crippen LogP contribution in [0.1, 0.15) is 44.3 Å². The summed E-state index contributed by atoms with van der Waals surface area (Å²) in [4.78, 5) is 4.47. The second-order valence-electron chi connectivity index (χ2n) is 4.37. The van der Waals surface area contributed by atoms with Gasteiger partial charge in [0, 0.05) is 20.0 Å². The van der Waals surface area contributed by atoms with Crippen LogP contribution in [0.5, 0.6) is 0 Å². The number of ether oxygens (including phenoxy) is 1. The van der Waals surface area contributed by atoms with E-state index < -0.39 is 0 Å². The maximum Gasteiger partial charge on any atom is 0.150 e. The van der Waals surface area contributed by atoms with Gasteiger partial charge in [0.2, 0.25) is 0 Å². The van der Waals surface area contributed by atoms with Gasteiger partial charge < -0.3 is 4.74 Å². The van der Waals surface area contributed by atoms with Crippen molar-refractivity contribution in [1.82, 2.24) is 15.2 Å². The molecule has 0 unspecified atom stereocenters. The van der Waals surface area contributed by atoms with Crippen molar-refractivity contribution >= 4 is 0 Å². The van der Waals surface area contributed by atoms with Crippen LogP contribution in [-0.4, -0.2) is 27.9 Å². The maximum atomic E-state index is 5.56. The largest absolute Gasteiger partial charge is 0.378 e. The van der Waals surface area contributed by atoms with Gasteiger partial charge in [-0.25, -0.2) is 4.98 Å². The quantitative estimate of drug-likeness (QED) is 0.805. The van der Waals surface area contributed by atoms with Crippen LogP contribution in [0.2, 0.25) is 0 Å². The molecular formula is C11H19N3O. The van der Waals surface area contributed by atoms with Gasteiger partial charge in [0.05, 0.1) is 5.60 Å². The van der Waals surface area contributed by atoms with Gasteiger partial charge in [-0.05, 0) is 25.7 Å². The van der Waals surface area contributed by atoms with E-state index in [-0.39, 0.29) is 5.60 Å². The third-order valence-corrected chi connectivity index (χ3v) is 3.24. The summed E-state index contributed by atoms with van der Waals surface area (Å²) in [6, 6.07) is 0. The second-order valence-corrected chi connectivity index (χ2v) is 4.37. The van der Waals surface area contributed by atoms with E-state index in [0.717, 1.165) is 43.8 Å². The Kier molecular flexibility index (Phi) is 3.05. The first-order valence-electron chi connectivity index (χ1n) is 5.73. The topological polar surface area (TPSA) is 50.8 Å². The molecular weight excluding hydrogens is 190 g/mol. The summed E-state index contributed by atoms with van der Waals surface area (Å²) >= 11 is 0. The van der Waals surface area contributed by atoms with Crippen molar-refractivity contribution in [2.45, 2.75) is 51.0 Å². The van der Waals surface area contributed by atoms with Gasteiger partial charge in [0.25, 0.3) is 0 Å². The van der Waals surface area contributed by atoms with E-state index in [9.17, 15) is 0 Å². The lowest BCUT2D eigenvalue weighted by molar-refractivity contribution is -0.0720. The van der Waals surface area contributed by atoms with Crippen LogP contribution in [0.4, 0.5) is 0 Å². The minimum Gasteiger partial charge on any atom is -0.378 e. The molecule has 1 heterocycles. The van der Waals surface area contributed by atoms with Gasteiger partial charge in [-0.15, -0.1) is 0 Å². The molecule has 1 fully saturated rings. The van der Waals surface area contributed by atoms with Gasteiger partial charge >= 0.3 is 0 Å². The SMILES string of the molecule is CCCc1n[nH]c(CC2(OC)CCC2)n1. The Morgan fingerprint density at radius 3 is 2.80 bits per heavy atom. The molecule has 0 spiro atoms.